The molecule has 0 aromatic heterocycles. The molecule has 2 N–H and O–H groups in total. The number of nitrogens with two attached hydrogens (primary N) is 1. The molecule has 2 atom stereocenters. The highest BCUT2D eigenvalue weighted by molar-refractivity contribution is 5.85. The molecule has 1 aliphatic heterocycles. The number of Topliss-reactive ketones (excluding diaryl/α,β-unsaturated/α-hetero) is 1. The third kappa shape index (κ3) is 2.22. The second-order valence-corrected chi connectivity index (χ2v) is 4.42. The largest absolute Gasteiger partial charge is 0.379 e. The Morgan fingerprint density at radius 1 is 1.64 bits per heavy atom. The zero-order valence-electron chi connectivity index (χ0n) is 9.01. The molecule has 3 nitrogen and oxygen atoms in total. The zero-order chi connectivity index (χ0) is 10.8. The highest BCUT2D eigenvalue weighted by atomic mass is 16.5. The third-order valence-electron chi connectivity index (χ3n) is 2.93. The maximum Gasteiger partial charge on any atom is 0.143 e. The standard InChI is InChI=1S/C11H19NO2/c1-8(2)4-5-10(13)11(3)7-14-6-9(11)12/h9H,1,4-7,12H2,2-3H3. The van der Waals surface area contributed by atoms with E-state index in [4.69, 9.17) is 10.5 Å². The molecule has 80 valence electrons. The van der Waals surface area contributed by atoms with E-state index in [9.17, 15) is 4.79 Å². The van der Waals surface area contributed by atoms with Crippen molar-refractivity contribution in [3.63, 3.8) is 0 Å². The molecule has 1 saturated heterocycles. The Morgan fingerprint density at radius 3 is 2.71 bits per heavy atom. The van der Waals surface area contributed by atoms with Crippen molar-refractivity contribution in [3.05, 3.63) is 12.2 Å². The van der Waals surface area contributed by atoms with Gasteiger partial charge in [-0.05, 0) is 20.3 Å². The number of carbonyl (C=O) groups is 1. The Hall–Kier alpha value is -0.670. The molecule has 0 radical (unpaired) electrons. The summed E-state index contributed by atoms with van der Waals surface area (Å²) in [6.07, 6.45) is 1.28. The number of ketones is 1. The maximum absolute atomic E-state index is 11.9. The fraction of sp³-hybridized carbons (Fsp3) is 0.727. The monoisotopic (exact) mass is 197 g/mol. The molecule has 0 saturated carbocycles. The first-order valence-electron chi connectivity index (χ1n) is 4.98. The molecule has 1 rings (SSSR count). The molecule has 0 aromatic carbocycles. The first-order chi connectivity index (χ1) is 6.47. The van der Waals surface area contributed by atoms with Crippen molar-refractivity contribution in [3.8, 4) is 0 Å². The van der Waals surface area contributed by atoms with E-state index in [2.05, 4.69) is 6.58 Å². The van der Waals surface area contributed by atoms with Crippen LogP contribution in [-0.4, -0.2) is 25.0 Å². The van der Waals surface area contributed by atoms with Gasteiger partial charge in [0.25, 0.3) is 0 Å². The van der Waals surface area contributed by atoms with Gasteiger partial charge in [-0.3, -0.25) is 4.79 Å². The van der Waals surface area contributed by atoms with Gasteiger partial charge in [0.2, 0.25) is 0 Å². The highest BCUT2D eigenvalue weighted by Crippen LogP contribution is 2.30. The first kappa shape index (κ1) is 11.4. The molecule has 14 heavy (non-hydrogen) atoms. The van der Waals surface area contributed by atoms with E-state index in [1.807, 2.05) is 13.8 Å². The number of carbonyl (C=O) groups excluding carboxylic acids is 1. The van der Waals surface area contributed by atoms with Crippen molar-refractivity contribution in [1.29, 1.82) is 0 Å². The minimum absolute atomic E-state index is 0.153. The summed E-state index contributed by atoms with van der Waals surface area (Å²) < 4.78 is 5.23. The van der Waals surface area contributed by atoms with E-state index in [-0.39, 0.29) is 11.8 Å². The van der Waals surface area contributed by atoms with Crippen LogP contribution in [0.15, 0.2) is 12.2 Å². The van der Waals surface area contributed by atoms with Crippen LogP contribution in [0.1, 0.15) is 26.7 Å². The van der Waals surface area contributed by atoms with Crippen LogP contribution in [-0.2, 0) is 9.53 Å². The summed E-state index contributed by atoms with van der Waals surface area (Å²) >= 11 is 0. The molecule has 0 aliphatic carbocycles. The molecule has 2 unspecified atom stereocenters. The van der Waals surface area contributed by atoms with Gasteiger partial charge >= 0.3 is 0 Å². The maximum atomic E-state index is 11.9. The van der Waals surface area contributed by atoms with Crippen LogP contribution in [0.2, 0.25) is 0 Å². The molecule has 1 heterocycles. The van der Waals surface area contributed by atoms with Gasteiger partial charge in [0, 0.05) is 12.5 Å². The van der Waals surface area contributed by atoms with Crippen LogP contribution < -0.4 is 5.73 Å². The van der Waals surface area contributed by atoms with Crippen LogP contribution >= 0.6 is 0 Å². The lowest BCUT2D eigenvalue weighted by Gasteiger charge is -2.25. The van der Waals surface area contributed by atoms with Crippen LogP contribution in [0.25, 0.3) is 0 Å². The minimum atomic E-state index is -0.477. The van der Waals surface area contributed by atoms with Crippen molar-refractivity contribution < 1.29 is 9.53 Å². The molecule has 3 heteroatoms. The summed E-state index contributed by atoms with van der Waals surface area (Å²) in [6.45, 7) is 8.56. The topological polar surface area (TPSA) is 52.3 Å². The van der Waals surface area contributed by atoms with E-state index < -0.39 is 5.41 Å². The quantitative estimate of drug-likeness (QED) is 0.691. The molecule has 0 spiro atoms. The van der Waals surface area contributed by atoms with Gasteiger partial charge in [-0.2, -0.15) is 0 Å². The normalized spacial score (nSPS) is 31.8. The smallest absolute Gasteiger partial charge is 0.143 e. The predicted octanol–water partition coefficient (Wildman–Crippen LogP) is 1.28. The minimum Gasteiger partial charge on any atom is -0.379 e. The Morgan fingerprint density at radius 2 is 2.29 bits per heavy atom. The Kier molecular flexibility index (Phi) is 3.45. The number of allylic oxidation sites excluding steroid dienone is 1. The Balaban J connectivity index is 2.54. The number of hydrogen-bond acceptors (Lipinski definition) is 3. The molecule has 1 aliphatic rings. The van der Waals surface area contributed by atoms with Crippen molar-refractivity contribution in [2.75, 3.05) is 13.2 Å². The Bertz CT molecular complexity index is 250. The number of hydrogen-bond donors (Lipinski definition) is 1. The van der Waals surface area contributed by atoms with E-state index >= 15 is 0 Å². The van der Waals surface area contributed by atoms with Gasteiger partial charge in [0.05, 0.1) is 18.6 Å². The van der Waals surface area contributed by atoms with Gasteiger partial charge in [0.1, 0.15) is 5.78 Å². The summed E-state index contributed by atoms with van der Waals surface area (Å²) in [6, 6.07) is -0.153. The second kappa shape index (κ2) is 4.24. The van der Waals surface area contributed by atoms with Gasteiger partial charge in [-0.1, -0.05) is 5.57 Å². The van der Waals surface area contributed by atoms with Crippen LogP contribution in [0.5, 0.6) is 0 Å². The molecular formula is C11H19NO2. The summed E-state index contributed by atoms with van der Waals surface area (Å²) in [7, 11) is 0. The van der Waals surface area contributed by atoms with Crippen molar-refractivity contribution in [2.45, 2.75) is 32.7 Å². The lowest BCUT2D eigenvalue weighted by Crippen LogP contribution is -2.44. The molecule has 0 aromatic rings. The lowest BCUT2D eigenvalue weighted by molar-refractivity contribution is -0.128. The average Bonchev–Trinajstić information content (AvgIpc) is 2.44. The highest BCUT2D eigenvalue weighted by Gasteiger charge is 2.43. The van der Waals surface area contributed by atoms with Gasteiger partial charge < -0.3 is 10.5 Å². The van der Waals surface area contributed by atoms with Crippen molar-refractivity contribution in [1.82, 2.24) is 0 Å². The fourth-order valence-corrected chi connectivity index (χ4v) is 1.59. The third-order valence-corrected chi connectivity index (χ3v) is 2.93. The summed E-state index contributed by atoms with van der Waals surface area (Å²) in [5.41, 5.74) is 6.41. The summed E-state index contributed by atoms with van der Waals surface area (Å²) in [5.74, 6) is 0.200. The fourth-order valence-electron chi connectivity index (χ4n) is 1.59. The van der Waals surface area contributed by atoms with Crippen LogP contribution in [0.3, 0.4) is 0 Å². The summed E-state index contributed by atoms with van der Waals surface area (Å²) in [4.78, 5) is 11.9. The molecular weight excluding hydrogens is 178 g/mol. The van der Waals surface area contributed by atoms with Crippen molar-refractivity contribution >= 4 is 5.78 Å². The Labute approximate surface area is 85.3 Å². The number of rotatable bonds is 4. The van der Waals surface area contributed by atoms with Crippen molar-refractivity contribution in [2.24, 2.45) is 11.1 Å². The average molecular weight is 197 g/mol. The molecule has 0 amide bonds. The molecule has 0 bridgehead atoms. The SMILES string of the molecule is C=C(C)CCC(=O)C1(C)COCC1N. The van der Waals surface area contributed by atoms with E-state index in [1.54, 1.807) is 0 Å². The number of ether oxygens (including phenoxy) is 1. The van der Waals surface area contributed by atoms with Gasteiger partial charge in [-0.25, -0.2) is 0 Å². The van der Waals surface area contributed by atoms with Gasteiger partial charge in [0.15, 0.2) is 0 Å². The lowest BCUT2D eigenvalue weighted by atomic mass is 9.79. The van der Waals surface area contributed by atoms with E-state index in [1.165, 1.54) is 0 Å². The second-order valence-electron chi connectivity index (χ2n) is 4.42. The van der Waals surface area contributed by atoms with Crippen LogP contribution in [0, 0.1) is 5.41 Å². The first-order valence-corrected chi connectivity index (χ1v) is 4.98. The molecule has 1 fully saturated rings. The van der Waals surface area contributed by atoms with Crippen LogP contribution in [0.4, 0.5) is 0 Å². The summed E-state index contributed by atoms with van der Waals surface area (Å²) in [5, 5.41) is 0. The van der Waals surface area contributed by atoms with E-state index in [0.717, 1.165) is 12.0 Å². The van der Waals surface area contributed by atoms with E-state index in [0.29, 0.717) is 19.6 Å². The predicted molar refractivity (Wildman–Crippen MR) is 56.0 cm³/mol. The zero-order valence-corrected chi connectivity index (χ0v) is 9.01. The van der Waals surface area contributed by atoms with Gasteiger partial charge in [-0.15, -0.1) is 6.58 Å².